The summed E-state index contributed by atoms with van der Waals surface area (Å²) in [7, 11) is 7.72. The van der Waals surface area contributed by atoms with Gasteiger partial charge in [-0.1, -0.05) is 23.1 Å². The normalized spacial score (nSPS) is 10.8. The van der Waals surface area contributed by atoms with Gasteiger partial charge in [0.05, 0.1) is 0 Å². The molecular formula is C9H7BClN. The van der Waals surface area contributed by atoms with Crippen molar-refractivity contribution >= 4 is 35.8 Å². The van der Waals surface area contributed by atoms with Gasteiger partial charge in [-0.2, -0.15) is 0 Å². The molecule has 0 aliphatic heterocycles. The maximum atomic E-state index is 5.85. The molecular weight excluding hydrogens is 168 g/mol. The smallest absolute Gasteiger partial charge is 0.116 e. The van der Waals surface area contributed by atoms with Gasteiger partial charge in [0.1, 0.15) is 7.85 Å². The number of aromatic nitrogens is 1. The minimum absolute atomic E-state index is 0.740. The summed E-state index contributed by atoms with van der Waals surface area (Å²) < 4.78 is 1.97. The Hall–Kier alpha value is -0.885. The SMILES string of the molecule is [B]c1cn(C)c2cc(Cl)ccc12. The van der Waals surface area contributed by atoms with E-state index >= 15 is 0 Å². The van der Waals surface area contributed by atoms with E-state index < -0.39 is 0 Å². The lowest BCUT2D eigenvalue weighted by molar-refractivity contribution is 0.972. The van der Waals surface area contributed by atoms with E-state index in [1.807, 2.05) is 36.0 Å². The zero-order valence-electron chi connectivity index (χ0n) is 6.71. The van der Waals surface area contributed by atoms with Crippen molar-refractivity contribution in [1.29, 1.82) is 0 Å². The summed E-state index contributed by atoms with van der Waals surface area (Å²) >= 11 is 5.85. The Morgan fingerprint density at radius 2 is 2.17 bits per heavy atom. The second-order valence-electron chi connectivity index (χ2n) is 2.86. The van der Waals surface area contributed by atoms with E-state index in [9.17, 15) is 0 Å². The second-order valence-corrected chi connectivity index (χ2v) is 3.29. The molecule has 0 fully saturated rings. The highest BCUT2D eigenvalue weighted by atomic mass is 35.5. The van der Waals surface area contributed by atoms with E-state index in [0.717, 1.165) is 21.4 Å². The largest absolute Gasteiger partial charge is 0.351 e. The summed E-state index contributed by atoms with van der Waals surface area (Å²) in [6, 6.07) is 5.69. The van der Waals surface area contributed by atoms with Gasteiger partial charge in [-0.3, -0.25) is 0 Å². The van der Waals surface area contributed by atoms with Crippen LogP contribution in [0.3, 0.4) is 0 Å². The van der Waals surface area contributed by atoms with Crippen LogP contribution in [0.15, 0.2) is 24.4 Å². The molecule has 1 nitrogen and oxygen atoms in total. The molecule has 0 spiro atoms. The van der Waals surface area contributed by atoms with Crippen molar-refractivity contribution in [3.05, 3.63) is 29.4 Å². The van der Waals surface area contributed by atoms with Gasteiger partial charge in [0.15, 0.2) is 0 Å². The van der Waals surface area contributed by atoms with E-state index in [-0.39, 0.29) is 0 Å². The standard InChI is InChI=1S/C9H7BClN/c1-12-5-8(10)7-3-2-6(11)4-9(7)12/h2-5H,1H3. The molecule has 2 rings (SSSR count). The fourth-order valence-corrected chi connectivity index (χ4v) is 1.55. The van der Waals surface area contributed by atoms with E-state index in [1.54, 1.807) is 0 Å². The fourth-order valence-electron chi connectivity index (χ4n) is 1.39. The highest BCUT2D eigenvalue weighted by molar-refractivity contribution is 6.39. The highest BCUT2D eigenvalue weighted by Crippen LogP contribution is 2.17. The molecule has 0 unspecified atom stereocenters. The molecule has 3 heteroatoms. The number of halogens is 1. The average molecular weight is 175 g/mol. The Balaban J connectivity index is 2.90. The van der Waals surface area contributed by atoms with Crippen LogP contribution in [0.4, 0.5) is 0 Å². The first-order chi connectivity index (χ1) is 5.68. The van der Waals surface area contributed by atoms with Crippen molar-refractivity contribution in [1.82, 2.24) is 4.57 Å². The highest BCUT2D eigenvalue weighted by Gasteiger charge is 2.01. The molecule has 0 N–H and O–H groups in total. The van der Waals surface area contributed by atoms with Gasteiger partial charge in [-0.25, -0.2) is 0 Å². The minimum atomic E-state index is 0.740. The summed E-state index contributed by atoms with van der Waals surface area (Å²) in [6.07, 6.45) is 1.89. The van der Waals surface area contributed by atoms with Crippen LogP contribution in [-0.4, -0.2) is 12.4 Å². The van der Waals surface area contributed by atoms with E-state index in [4.69, 9.17) is 19.4 Å². The molecule has 0 bridgehead atoms. The molecule has 0 amide bonds. The molecule has 1 heterocycles. The van der Waals surface area contributed by atoms with Gasteiger partial charge in [0, 0.05) is 17.6 Å². The van der Waals surface area contributed by atoms with Crippen molar-refractivity contribution in [2.45, 2.75) is 0 Å². The molecule has 0 saturated carbocycles. The first kappa shape index (κ1) is 7.75. The van der Waals surface area contributed by atoms with Crippen LogP contribution in [0.5, 0.6) is 0 Å². The second kappa shape index (κ2) is 2.56. The molecule has 58 valence electrons. The third-order valence-corrected chi connectivity index (χ3v) is 2.22. The Kier molecular flexibility index (Phi) is 1.65. The lowest BCUT2D eigenvalue weighted by atomic mass is 9.96. The van der Waals surface area contributed by atoms with Crippen molar-refractivity contribution in [2.24, 2.45) is 7.05 Å². The van der Waals surface area contributed by atoms with Crippen LogP contribution in [0, 0.1) is 0 Å². The topological polar surface area (TPSA) is 4.93 Å². The molecule has 0 aliphatic rings. The van der Waals surface area contributed by atoms with Crippen LogP contribution in [0.1, 0.15) is 0 Å². The van der Waals surface area contributed by atoms with Crippen molar-refractivity contribution in [3.63, 3.8) is 0 Å². The van der Waals surface area contributed by atoms with Gasteiger partial charge in [0.25, 0.3) is 0 Å². The number of benzene rings is 1. The summed E-state index contributed by atoms with van der Waals surface area (Å²) in [5, 5.41) is 1.80. The summed E-state index contributed by atoms with van der Waals surface area (Å²) in [5.41, 5.74) is 1.86. The molecule has 1 aromatic carbocycles. The van der Waals surface area contributed by atoms with E-state index in [0.29, 0.717) is 0 Å². The third-order valence-electron chi connectivity index (χ3n) is 1.98. The van der Waals surface area contributed by atoms with E-state index in [1.165, 1.54) is 0 Å². The number of hydrogen-bond acceptors (Lipinski definition) is 0. The van der Waals surface area contributed by atoms with Gasteiger partial charge >= 0.3 is 0 Å². The first-order valence-electron chi connectivity index (χ1n) is 3.68. The van der Waals surface area contributed by atoms with Gasteiger partial charge in [-0.05, 0) is 23.7 Å². The summed E-state index contributed by atoms with van der Waals surface area (Å²) in [6.45, 7) is 0. The average Bonchev–Trinajstić information content (AvgIpc) is 2.28. The van der Waals surface area contributed by atoms with Crippen LogP contribution in [-0.2, 0) is 7.05 Å². The van der Waals surface area contributed by atoms with Gasteiger partial charge < -0.3 is 4.57 Å². The molecule has 0 aliphatic carbocycles. The van der Waals surface area contributed by atoms with Crippen LogP contribution < -0.4 is 5.46 Å². The van der Waals surface area contributed by atoms with Crippen LogP contribution in [0.2, 0.25) is 5.02 Å². The van der Waals surface area contributed by atoms with E-state index in [2.05, 4.69) is 0 Å². The fraction of sp³-hybridized carbons (Fsp3) is 0.111. The Morgan fingerprint density at radius 3 is 2.92 bits per heavy atom. The first-order valence-corrected chi connectivity index (χ1v) is 4.06. The van der Waals surface area contributed by atoms with Crippen LogP contribution >= 0.6 is 11.6 Å². The molecule has 1 aromatic heterocycles. The molecule has 2 aromatic rings. The monoisotopic (exact) mass is 175 g/mol. The molecule has 0 atom stereocenters. The molecule has 12 heavy (non-hydrogen) atoms. The quantitative estimate of drug-likeness (QED) is 0.536. The predicted molar refractivity (Wildman–Crippen MR) is 53.3 cm³/mol. The van der Waals surface area contributed by atoms with Gasteiger partial charge in [0.2, 0.25) is 0 Å². The minimum Gasteiger partial charge on any atom is -0.351 e. The van der Waals surface area contributed by atoms with Gasteiger partial charge in [-0.15, -0.1) is 0 Å². The Labute approximate surface area is 77.4 Å². The lowest BCUT2D eigenvalue weighted by Crippen LogP contribution is -1.97. The number of nitrogens with zero attached hydrogens (tertiary/aromatic N) is 1. The van der Waals surface area contributed by atoms with Crippen molar-refractivity contribution < 1.29 is 0 Å². The molecule has 0 saturated heterocycles. The van der Waals surface area contributed by atoms with Crippen LogP contribution in [0.25, 0.3) is 10.9 Å². The number of rotatable bonds is 0. The Bertz CT molecular complexity index is 433. The summed E-state index contributed by atoms with van der Waals surface area (Å²) in [5.74, 6) is 0. The van der Waals surface area contributed by atoms with Crippen molar-refractivity contribution in [2.75, 3.05) is 0 Å². The lowest BCUT2D eigenvalue weighted by Gasteiger charge is -1.95. The maximum Gasteiger partial charge on any atom is 0.116 e. The Morgan fingerprint density at radius 1 is 1.42 bits per heavy atom. The summed E-state index contributed by atoms with van der Waals surface area (Å²) in [4.78, 5) is 0. The number of fused-ring (bicyclic) bond motifs is 1. The predicted octanol–water partition coefficient (Wildman–Crippen LogP) is 1.63. The zero-order chi connectivity index (χ0) is 8.72. The molecule has 2 radical (unpaired) electrons. The third kappa shape index (κ3) is 1.03. The van der Waals surface area contributed by atoms with Crippen molar-refractivity contribution in [3.8, 4) is 0 Å². The maximum absolute atomic E-state index is 5.85. The number of aryl methyl sites for hydroxylation is 1. The zero-order valence-corrected chi connectivity index (χ0v) is 7.47. The number of hydrogen-bond donors (Lipinski definition) is 0.